The first-order chi connectivity index (χ1) is 7.48. The minimum Gasteiger partial charge on any atom is -0.313 e. The number of piperidine rings is 1. The van der Waals surface area contributed by atoms with Crippen LogP contribution in [0, 0.1) is 0 Å². The van der Waals surface area contributed by atoms with E-state index in [1.165, 1.54) is 4.31 Å². The van der Waals surface area contributed by atoms with Gasteiger partial charge in [-0.15, -0.1) is 0 Å². The Kier molecular flexibility index (Phi) is 5.17. The summed E-state index contributed by atoms with van der Waals surface area (Å²) in [7, 11) is -0.0677. The van der Waals surface area contributed by atoms with Gasteiger partial charge < -0.3 is 5.32 Å². The van der Waals surface area contributed by atoms with Crippen LogP contribution in [0.5, 0.6) is 0 Å². The molecule has 5 nitrogen and oxygen atoms in total. The Hall–Kier alpha value is -0.170. The smallest absolute Gasteiger partial charge is 0.281 e. The molecular formula is C10H23N3O2S. The van der Waals surface area contributed by atoms with Crippen LogP contribution in [0.25, 0.3) is 0 Å². The van der Waals surface area contributed by atoms with Crippen LogP contribution in [0.1, 0.15) is 26.2 Å². The molecule has 0 aromatic heterocycles. The second-order valence-electron chi connectivity index (χ2n) is 4.44. The average Bonchev–Trinajstić information content (AvgIpc) is 2.26. The van der Waals surface area contributed by atoms with E-state index in [1.807, 2.05) is 0 Å². The highest BCUT2D eigenvalue weighted by atomic mass is 32.2. The van der Waals surface area contributed by atoms with Crippen LogP contribution in [-0.4, -0.2) is 56.8 Å². The Balaban J connectivity index is 2.57. The predicted molar refractivity (Wildman–Crippen MR) is 65.5 cm³/mol. The lowest BCUT2D eigenvalue weighted by atomic mass is 10.1. The Bertz CT molecular complexity index is 303. The summed E-state index contributed by atoms with van der Waals surface area (Å²) in [5.74, 6) is 0. The highest BCUT2D eigenvalue weighted by Crippen LogP contribution is 2.15. The summed E-state index contributed by atoms with van der Waals surface area (Å²) < 4.78 is 26.7. The van der Waals surface area contributed by atoms with Crippen molar-refractivity contribution in [3.63, 3.8) is 0 Å². The zero-order chi connectivity index (χ0) is 12.2. The van der Waals surface area contributed by atoms with Gasteiger partial charge in [0.05, 0.1) is 0 Å². The van der Waals surface area contributed by atoms with Crippen molar-refractivity contribution < 1.29 is 8.42 Å². The molecule has 0 spiro atoms. The molecule has 0 aromatic carbocycles. The lowest BCUT2D eigenvalue weighted by molar-refractivity contribution is 0.271. The third-order valence-corrected chi connectivity index (χ3v) is 4.76. The second kappa shape index (κ2) is 5.95. The van der Waals surface area contributed by atoms with Crippen LogP contribution < -0.4 is 5.32 Å². The molecule has 0 aromatic rings. The number of rotatable bonds is 5. The molecule has 1 heterocycles. The maximum absolute atomic E-state index is 11.9. The Morgan fingerprint density at radius 1 is 1.44 bits per heavy atom. The summed E-state index contributed by atoms with van der Waals surface area (Å²) in [6.07, 6.45) is 3.09. The van der Waals surface area contributed by atoms with Crippen LogP contribution in [0.2, 0.25) is 0 Å². The molecule has 1 unspecified atom stereocenters. The van der Waals surface area contributed by atoms with E-state index in [0.717, 1.165) is 25.8 Å². The standard InChI is InChI=1S/C10H23N3O2S/c1-4-7-11-10-6-5-8-13(9-10)16(14,15)12(2)3/h10-11H,4-9H2,1-3H3. The first kappa shape index (κ1) is 13.9. The van der Waals surface area contributed by atoms with Crippen molar-refractivity contribution >= 4 is 10.2 Å². The third-order valence-electron chi connectivity index (χ3n) is 2.85. The first-order valence-electron chi connectivity index (χ1n) is 5.89. The van der Waals surface area contributed by atoms with Crippen molar-refractivity contribution in [2.24, 2.45) is 0 Å². The Morgan fingerprint density at radius 3 is 2.69 bits per heavy atom. The summed E-state index contributed by atoms with van der Waals surface area (Å²) in [5, 5.41) is 3.39. The van der Waals surface area contributed by atoms with Crippen molar-refractivity contribution in [2.75, 3.05) is 33.7 Å². The average molecular weight is 249 g/mol. The van der Waals surface area contributed by atoms with Gasteiger partial charge in [-0.1, -0.05) is 6.92 Å². The topological polar surface area (TPSA) is 52.7 Å². The van der Waals surface area contributed by atoms with E-state index in [0.29, 0.717) is 19.1 Å². The van der Waals surface area contributed by atoms with E-state index < -0.39 is 10.2 Å². The van der Waals surface area contributed by atoms with E-state index in [9.17, 15) is 8.42 Å². The van der Waals surface area contributed by atoms with Gasteiger partial charge in [-0.05, 0) is 25.8 Å². The summed E-state index contributed by atoms with van der Waals surface area (Å²) in [4.78, 5) is 0. The van der Waals surface area contributed by atoms with Crippen LogP contribution in [0.4, 0.5) is 0 Å². The fraction of sp³-hybridized carbons (Fsp3) is 1.00. The highest BCUT2D eigenvalue weighted by Gasteiger charge is 2.29. The molecule has 0 saturated carbocycles. The van der Waals surface area contributed by atoms with Gasteiger partial charge >= 0.3 is 0 Å². The number of hydrogen-bond acceptors (Lipinski definition) is 3. The molecule has 1 aliphatic heterocycles. The number of nitrogens with zero attached hydrogens (tertiary/aromatic N) is 2. The number of nitrogens with one attached hydrogen (secondary N) is 1. The van der Waals surface area contributed by atoms with Crippen LogP contribution in [0.3, 0.4) is 0 Å². The molecule has 96 valence electrons. The lowest BCUT2D eigenvalue weighted by Gasteiger charge is -2.33. The molecule has 1 rings (SSSR count). The fourth-order valence-corrected chi connectivity index (χ4v) is 3.09. The van der Waals surface area contributed by atoms with Gasteiger partial charge in [-0.25, -0.2) is 0 Å². The van der Waals surface area contributed by atoms with E-state index in [-0.39, 0.29) is 0 Å². The van der Waals surface area contributed by atoms with Crippen molar-refractivity contribution in [3.8, 4) is 0 Å². The second-order valence-corrected chi connectivity index (χ2v) is 6.58. The normalized spacial score (nSPS) is 23.9. The van der Waals surface area contributed by atoms with Gasteiger partial charge in [0.2, 0.25) is 0 Å². The molecule has 1 fully saturated rings. The molecule has 1 aliphatic rings. The van der Waals surface area contributed by atoms with Gasteiger partial charge in [0.15, 0.2) is 0 Å². The van der Waals surface area contributed by atoms with Gasteiger partial charge in [0.25, 0.3) is 10.2 Å². The minimum absolute atomic E-state index is 0.309. The quantitative estimate of drug-likeness (QED) is 0.760. The summed E-state index contributed by atoms with van der Waals surface area (Å²) in [6, 6.07) is 0.309. The van der Waals surface area contributed by atoms with Crippen LogP contribution in [-0.2, 0) is 10.2 Å². The number of hydrogen-bond donors (Lipinski definition) is 1. The van der Waals surface area contributed by atoms with Gasteiger partial charge in [-0.3, -0.25) is 0 Å². The maximum Gasteiger partial charge on any atom is 0.281 e. The molecule has 0 amide bonds. The van der Waals surface area contributed by atoms with Crippen LogP contribution >= 0.6 is 0 Å². The van der Waals surface area contributed by atoms with Crippen molar-refractivity contribution in [2.45, 2.75) is 32.2 Å². The molecule has 0 aliphatic carbocycles. The molecule has 0 radical (unpaired) electrons. The van der Waals surface area contributed by atoms with E-state index in [1.54, 1.807) is 18.4 Å². The third kappa shape index (κ3) is 3.41. The maximum atomic E-state index is 11.9. The zero-order valence-corrected chi connectivity index (χ0v) is 11.3. The van der Waals surface area contributed by atoms with Crippen molar-refractivity contribution in [1.29, 1.82) is 0 Å². The zero-order valence-electron chi connectivity index (χ0n) is 10.4. The molecule has 1 atom stereocenters. The molecule has 16 heavy (non-hydrogen) atoms. The molecule has 6 heteroatoms. The molecule has 1 N–H and O–H groups in total. The summed E-state index contributed by atoms with van der Waals surface area (Å²) >= 11 is 0. The van der Waals surface area contributed by atoms with E-state index >= 15 is 0 Å². The van der Waals surface area contributed by atoms with E-state index in [4.69, 9.17) is 0 Å². The fourth-order valence-electron chi connectivity index (χ4n) is 1.90. The highest BCUT2D eigenvalue weighted by molar-refractivity contribution is 7.86. The molecule has 1 saturated heterocycles. The first-order valence-corrected chi connectivity index (χ1v) is 7.29. The van der Waals surface area contributed by atoms with Gasteiger partial charge in [-0.2, -0.15) is 17.0 Å². The molecule has 0 bridgehead atoms. The summed E-state index contributed by atoms with van der Waals surface area (Å²) in [5.41, 5.74) is 0. The Labute approximate surface area is 99.0 Å². The lowest BCUT2D eigenvalue weighted by Crippen LogP contribution is -2.51. The SMILES string of the molecule is CCCNC1CCCN(S(=O)(=O)N(C)C)C1. The predicted octanol–water partition coefficient (Wildman–Crippen LogP) is 0.257. The van der Waals surface area contributed by atoms with Crippen LogP contribution in [0.15, 0.2) is 0 Å². The monoisotopic (exact) mass is 249 g/mol. The van der Waals surface area contributed by atoms with Gasteiger partial charge in [0.1, 0.15) is 0 Å². The van der Waals surface area contributed by atoms with E-state index in [2.05, 4.69) is 12.2 Å². The largest absolute Gasteiger partial charge is 0.313 e. The van der Waals surface area contributed by atoms with Crippen molar-refractivity contribution in [1.82, 2.24) is 13.9 Å². The summed E-state index contributed by atoms with van der Waals surface area (Å²) in [6.45, 7) is 4.32. The molecular weight excluding hydrogens is 226 g/mol. The minimum atomic E-state index is -3.23. The Morgan fingerprint density at radius 2 is 2.12 bits per heavy atom. The van der Waals surface area contributed by atoms with Gasteiger partial charge in [0, 0.05) is 33.2 Å². The van der Waals surface area contributed by atoms with Crippen molar-refractivity contribution in [3.05, 3.63) is 0 Å².